The minimum absolute atomic E-state index is 0.387. The Labute approximate surface area is 158 Å². The lowest BCUT2D eigenvalue weighted by Gasteiger charge is -2.19. The highest BCUT2D eigenvalue weighted by molar-refractivity contribution is 5.97. The summed E-state index contributed by atoms with van der Waals surface area (Å²) in [6.45, 7) is 3.66. The second-order valence-corrected chi connectivity index (χ2v) is 5.77. The third kappa shape index (κ3) is 5.12. The Morgan fingerprint density at radius 2 is 1.89 bits per heavy atom. The number of para-hydroxylation sites is 2. The predicted octanol–water partition coefficient (Wildman–Crippen LogP) is 4.45. The van der Waals surface area contributed by atoms with Gasteiger partial charge in [-0.15, -0.1) is 0 Å². The smallest absolute Gasteiger partial charge is 0.418 e. The molecule has 0 saturated heterocycles. The van der Waals surface area contributed by atoms with E-state index in [4.69, 9.17) is 4.74 Å². The van der Waals surface area contributed by atoms with Crippen LogP contribution in [0.25, 0.3) is 0 Å². The van der Waals surface area contributed by atoms with E-state index >= 15 is 0 Å². The van der Waals surface area contributed by atoms with Crippen LogP contribution in [0.5, 0.6) is 5.75 Å². The summed E-state index contributed by atoms with van der Waals surface area (Å²) in [5.41, 5.74) is -2.07. The average molecular weight is 397 g/mol. The number of hydrogen-bond donors (Lipinski definition) is 2. The molecular weight excluding hydrogens is 379 g/mol. The van der Waals surface area contributed by atoms with Crippen molar-refractivity contribution in [3.63, 3.8) is 0 Å². The molecule has 1 atom stereocenters. The molecule has 0 aromatic heterocycles. The minimum Gasteiger partial charge on any atom is -0.492 e. The maximum Gasteiger partial charge on any atom is 0.418 e. The first kappa shape index (κ1) is 21.0. The van der Waals surface area contributed by atoms with Crippen LogP contribution < -0.4 is 15.4 Å². The number of rotatable bonds is 7. The van der Waals surface area contributed by atoms with E-state index in [1.165, 1.54) is 6.92 Å². The first-order chi connectivity index (χ1) is 13.1. The van der Waals surface area contributed by atoms with E-state index in [-0.39, 0.29) is 0 Å². The number of nitrogens with zero attached hydrogens (tertiary/aromatic N) is 1. The van der Waals surface area contributed by atoms with Crippen LogP contribution in [-0.2, 0) is 11.0 Å². The molecule has 1 amide bonds. The number of nitrogens with one attached hydrogen (secondary N) is 2. The van der Waals surface area contributed by atoms with Crippen molar-refractivity contribution in [1.82, 2.24) is 0 Å². The van der Waals surface area contributed by atoms with Crippen molar-refractivity contribution in [3.8, 4) is 5.75 Å². The fourth-order valence-corrected chi connectivity index (χ4v) is 2.40. The van der Waals surface area contributed by atoms with Gasteiger partial charge in [-0.1, -0.05) is 12.1 Å². The van der Waals surface area contributed by atoms with Crippen molar-refractivity contribution < 1.29 is 27.6 Å². The number of alkyl halides is 3. The van der Waals surface area contributed by atoms with Crippen molar-refractivity contribution in [2.45, 2.75) is 26.1 Å². The van der Waals surface area contributed by atoms with Crippen molar-refractivity contribution in [3.05, 3.63) is 58.1 Å². The van der Waals surface area contributed by atoms with Gasteiger partial charge >= 0.3 is 6.18 Å². The summed E-state index contributed by atoms with van der Waals surface area (Å²) in [6, 6.07) is 8.06. The maximum atomic E-state index is 13.2. The van der Waals surface area contributed by atoms with Gasteiger partial charge in [0.1, 0.15) is 11.8 Å². The molecule has 7 nitrogen and oxygen atoms in total. The SMILES string of the molecule is CCOc1ccccc1N[C@H](C)C(=O)Nc1ccc([N+](=O)[O-])cc1C(F)(F)F. The zero-order valence-electron chi connectivity index (χ0n) is 15.0. The molecular formula is C18H18F3N3O4. The quantitative estimate of drug-likeness (QED) is 0.532. The van der Waals surface area contributed by atoms with E-state index in [0.717, 1.165) is 12.1 Å². The molecule has 0 saturated carbocycles. The van der Waals surface area contributed by atoms with Crippen LogP contribution in [0.4, 0.5) is 30.2 Å². The van der Waals surface area contributed by atoms with Gasteiger partial charge in [-0.3, -0.25) is 14.9 Å². The molecule has 0 heterocycles. The van der Waals surface area contributed by atoms with Crippen molar-refractivity contribution in [2.24, 2.45) is 0 Å². The number of carbonyl (C=O) groups excluding carboxylic acids is 1. The van der Waals surface area contributed by atoms with E-state index in [0.29, 0.717) is 24.1 Å². The Bertz CT molecular complexity index is 871. The lowest BCUT2D eigenvalue weighted by Crippen LogP contribution is -2.32. The van der Waals surface area contributed by atoms with Crippen molar-refractivity contribution >= 4 is 23.0 Å². The van der Waals surface area contributed by atoms with Crippen LogP contribution in [0.1, 0.15) is 19.4 Å². The summed E-state index contributed by atoms with van der Waals surface area (Å²) in [5, 5.41) is 15.8. The second-order valence-electron chi connectivity index (χ2n) is 5.77. The molecule has 150 valence electrons. The Kier molecular flexibility index (Phi) is 6.45. The summed E-state index contributed by atoms with van der Waals surface area (Å²) in [7, 11) is 0. The molecule has 0 bridgehead atoms. The first-order valence-electron chi connectivity index (χ1n) is 8.28. The highest BCUT2D eigenvalue weighted by atomic mass is 19.4. The molecule has 0 radical (unpaired) electrons. The fraction of sp³-hybridized carbons (Fsp3) is 0.278. The predicted molar refractivity (Wildman–Crippen MR) is 97.4 cm³/mol. The first-order valence-corrected chi connectivity index (χ1v) is 8.28. The number of benzene rings is 2. The zero-order valence-corrected chi connectivity index (χ0v) is 15.0. The molecule has 2 aromatic rings. The van der Waals surface area contributed by atoms with Crippen LogP contribution in [-0.4, -0.2) is 23.5 Å². The van der Waals surface area contributed by atoms with Gasteiger partial charge < -0.3 is 15.4 Å². The van der Waals surface area contributed by atoms with Crippen LogP contribution in [0.15, 0.2) is 42.5 Å². The molecule has 0 aliphatic rings. The highest BCUT2D eigenvalue weighted by Gasteiger charge is 2.36. The molecule has 28 heavy (non-hydrogen) atoms. The molecule has 2 N–H and O–H groups in total. The third-order valence-corrected chi connectivity index (χ3v) is 3.73. The van der Waals surface area contributed by atoms with Crippen molar-refractivity contribution in [1.29, 1.82) is 0 Å². The Morgan fingerprint density at radius 1 is 1.21 bits per heavy atom. The fourth-order valence-electron chi connectivity index (χ4n) is 2.40. The van der Waals surface area contributed by atoms with Crippen LogP contribution in [0, 0.1) is 10.1 Å². The van der Waals surface area contributed by atoms with E-state index in [1.54, 1.807) is 31.2 Å². The summed E-state index contributed by atoms with van der Waals surface area (Å²) in [4.78, 5) is 22.2. The number of anilines is 2. The number of ether oxygens (including phenoxy) is 1. The van der Waals surface area contributed by atoms with E-state index < -0.39 is 40.0 Å². The number of nitro benzene ring substituents is 1. The summed E-state index contributed by atoms with van der Waals surface area (Å²) in [6.07, 6.45) is -4.87. The third-order valence-electron chi connectivity index (χ3n) is 3.73. The molecule has 0 unspecified atom stereocenters. The Morgan fingerprint density at radius 3 is 2.50 bits per heavy atom. The molecule has 0 aliphatic carbocycles. The van der Waals surface area contributed by atoms with Gasteiger partial charge in [-0.25, -0.2) is 0 Å². The summed E-state index contributed by atoms with van der Waals surface area (Å²) in [5.74, 6) is -0.248. The minimum atomic E-state index is -4.87. The van der Waals surface area contributed by atoms with Crippen LogP contribution in [0.3, 0.4) is 0 Å². The molecule has 2 aromatic carbocycles. The van der Waals surface area contributed by atoms with Gasteiger partial charge in [0.15, 0.2) is 0 Å². The molecule has 2 rings (SSSR count). The number of non-ortho nitro benzene ring substituents is 1. The summed E-state index contributed by atoms with van der Waals surface area (Å²) >= 11 is 0. The molecule has 0 aliphatic heterocycles. The number of carbonyl (C=O) groups is 1. The average Bonchev–Trinajstić information content (AvgIpc) is 2.62. The monoisotopic (exact) mass is 397 g/mol. The van der Waals surface area contributed by atoms with Crippen molar-refractivity contribution in [2.75, 3.05) is 17.2 Å². The van der Waals surface area contributed by atoms with Crippen LogP contribution >= 0.6 is 0 Å². The van der Waals surface area contributed by atoms with E-state index in [2.05, 4.69) is 10.6 Å². The van der Waals surface area contributed by atoms with Gasteiger partial charge in [0.2, 0.25) is 5.91 Å². The second kappa shape index (κ2) is 8.59. The van der Waals surface area contributed by atoms with E-state index in [9.17, 15) is 28.1 Å². The Hall–Kier alpha value is -3.30. The molecule has 10 heteroatoms. The van der Waals surface area contributed by atoms with Gasteiger partial charge in [0.25, 0.3) is 5.69 Å². The molecule has 0 spiro atoms. The van der Waals surface area contributed by atoms with Gasteiger partial charge in [0, 0.05) is 12.1 Å². The van der Waals surface area contributed by atoms with Gasteiger partial charge in [0.05, 0.1) is 28.5 Å². The van der Waals surface area contributed by atoms with Gasteiger partial charge in [-0.2, -0.15) is 13.2 Å². The topological polar surface area (TPSA) is 93.5 Å². The van der Waals surface area contributed by atoms with Gasteiger partial charge in [-0.05, 0) is 32.0 Å². The number of nitro groups is 1. The number of amides is 1. The Balaban J connectivity index is 2.21. The van der Waals surface area contributed by atoms with Crippen LogP contribution in [0.2, 0.25) is 0 Å². The lowest BCUT2D eigenvalue weighted by atomic mass is 10.1. The molecule has 0 fully saturated rings. The van der Waals surface area contributed by atoms with E-state index in [1.807, 2.05) is 0 Å². The summed E-state index contributed by atoms with van der Waals surface area (Å²) < 4.78 is 45.1. The zero-order chi connectivity index (χ0) is 20.9. The standard InChI is InChI=1S/C18H18F3N3O4/c1-3-28-16-7-5-4-6-15(16)22-11(2)17(25)23-14-9-8-12(24(26)27)10-13(14)18(19,20)21/h4-11,22H,3H2,1-2H3,(H,23,25)/t11-/m1/s1. The largest absolute Gasteiger partial charge is 0.492 e. The maximum absolute atomic E-state index is 13.2. The normalized spacial score (nSPS) is 12.2. The lowest BCUT2D eigenvalue weighted by molar-refractivity contribution is -0.385. The number of halogens is 3. The number of hydrogen-bond acceptors (Lipinski definition) is 5. The highest BCUT2D eigenvalue weighted by Crippen LogP contribution is 2.37.